The van der Waals surface area contributed by atoms with E-state index < -0.39 is 0 Å². The van der Waals surface area contributed by atoms with Gasteiger partial charge in [0.05, 0.1) is 15.9 Å². The summed E-state index contributed by atoms with van der Waals surface area (Å²) in [6.45, 7) is 8.94. The number of hydrogen-bond acceptors (Lipinski definition) is 4. The molecule has 2 aromatic heterocycles. The normalized spacial score (nSPS) is 11.3. The lowest BCUT2D eigenvalue weighted by Crippen LogP contribution is -2.22. The summed E-state index contributed by atoms with van der Waals surface area (Å²) in [7, 11) is 0. The number of nitrogens with zero attached hydrogens (tertiary/aromatic N) is 4. The Balaban J connectivity index is 2.20. The summed E-state index contributed by atoms with van der Waals surface area (Å²) in [5.41, 5.74) is 3.01. The van der Waals surface area contributed by atoms with Crippen LogP contribution in [0.25, 0.3) is 5.95 Å². The van der Waals surface area contributed by atoms with E-state index >= 15 is 0 Å². The maximum Gasteiger partial charge on any atom is 0.250 e. The molecule has 2 aromatic rings. The van der Waals surface area contributed by atoms with Crippen LogP contribution in [0.2, 0.25) is 0 Å². The van der Waals surface area contributed by atoms with E-state index in [0.717, 1.165) is 28.0 Å². The van der Waals surface area contributed by atoms with E-state index in [4.69, 9.17) is 0 Å². The minimum absolute atomic E-state index is 0.451. The van der Waals surface area contributed by atoms with Gasteiger partial charge in [0, 0.05) is 30.5 Å². The molecule has 0 saturated heterocycles. The highest BCUT2D eigenvalue weighted by Gasteiger charge is 2.11. The maximum atomic E-state index is 4.41. The van der Waals surface area contributed by atoms with Crippen molar-refractivity contribution in [1.82, 2.24) is 25.1 Å². The van der Waals surface area contributed by atoms with E-state index in [-0.39, 0.29) is 0 Å². The van der Waals surface area contributed by atoms with Crippen molar-refractivity contribution >= 4 is 15.9 Å². The van der Waals surface area contributed by atoms with Gasteiger partial charge in [-0.1, -0.05) is 13.8 Å². The van der Waals surface area contributed by atoms with Gasteiger partial charge in [0.1, 0.15) is 0 Å². The Kier molecular flexibility index (Phi) is 4.31. The molecule has 0 spiro atoms. The Morgan fingerprint density at radius 3 is 2.37 bits per heavy atom. The quantitative estimate of drug-likeness (QED) is 0.939. The Morgan fingerprint density at radius 1 is 1.26 bits per heavy atom. The molecule has 0 aliphatic carbocycles. The first-order valence-electron chi connectivity index (χ1n) is 6.25. The molecule has 0 saturated carbocycles. The maximum absolute atomic E-state index is 4.41. The molecule has 6 heteroatoms. The second-order valence-corrected chi connectivity index (χ2v) is 5.62. The summed E-state index contributed by atoms with van der Waals surface area (Å²) in [5, 5.41) is 7.75. The van der Waals surface area contributed by atoms with Gasteiger partial charge < -0.3 is 5.32 Å². The number of nitrogens with one attached hydrogen (secondary N) is 1. The molecule has 0 unspecified atom stereocenters. The van der Waals surface area contributed by atoms with Crippen molar-refractivity contribution in [2.75, 3.05) is 0 Å². The summed E-state index contributed by atoms with van der Waals surface area (Å²) in [4.78, 5) is 8.74. The first-order valence-corrected chi connectivity index (χ1v) is 7.04. The molecule has 0 bridgehead atoms. The summed E-state index contributed by atoms with van der Waals surface area (Å²) in [6, 6.07) is 0.451. The number of hydrogen-bond donors (Lipinski definition) is 1. The van der Waals surface area contributed by atoms with Gasteiger partial charge in [0.15, 0.2) is 0 Å². The van der Waals surface area contributed by atoms with Gasteiger partial charge in [-0.15, -0.1) is 0 Å². The third kappa shape index (κ3) is 3.19. The van der Waals surface area contributed by atoms with Crippen LogP contribution in [0.3, 0.4) is 0 Å². The first-order chi connectivity index (χ1) is 8.99. The van der Waals surface area contributed by atoms with E-state index in [2.05, 4.69) is 50.2 Å². The van der Waals surface area contributed by atoms with Crippen LogP contribution in [0.15, 0.2) is 16.9 Å². The van der Waals surface area contributed by atoms with Crippen LogP contribution in [0.1, 0.15) is 30.8 Å². The highest BCUT2D eigenvalue weighted by Crippen LogP contribution is 2.21. The summed E-state index contributed by atoms with van der Waals surface area (Å²) in [5.74, 6) is 0.597. The van der Waals surface area contributed by atoms with E-state index in [1.807, 2.05) is 26.2 Å². The molecule has 0 aliphatic rings. The summed E-state index contributed by atoms with van der Waals surface area (Å²) in [6.07, 6.45) is 3.67. The van der Waals surface area contributed by atoms with Gasteiger partial charge in [0.25, 0.3) is 5.95 Å². The highest BCUT2D eigenvalue weighted by atomic mass is 79.9. The molecule has 0 radical (unpaired) electrons. The van der Waals surface area contributed by atoms with Crippen LogP contribution < -0.4 is 5.32 Å². The van der Waals surface area contributed by atoms with Crippen molar-refractivity contribution in [2.24, 2.45) is 0 Å². The molecule has 1 N–H and O–H groups in total. The van der Waals surface area contributed by atoms with Gasteiger partial charge in [-0.2, -0.15) is 5.10 Å². The largest absolute Gasteiger partial charge is 0.310 e. The van der Waals surface area contributed by atoms with Crippen LogP contribution in [0.4, 0.5) is 0 Å². The van der Waals surface area contributed by atoms with E-state index in [0.29, 0.717) is 12.0 Å². The van der Waals surface area contributed by atoms with Gasteiger partial charge in [0.2, 0.25) is 0 Å². The monoisotopic (exact) mass is 323 g/mol. The molecule has 0 fully saturated rings. The zero-order valence-electron chi connectivity index (χ0n) is 11.6. The highest BCUT2D eigenvalue weighted by molar-refractivity contribution is 9.10. The van der Waals surface area contributed by atoms with Gasteiger partial charge >= 0.3 is 0 Å². The molecule has 0 aliphatic heterocycles. The number of aryl methyl sites for hydroxylation is 1. The van der Waals surface area contributed by atoms with Crippen molar-refractivity contribution < 1.29 is 0 Å². The third-order valence-electron chi connectivity index (χ3n) is 2.80. The topological polar surface area (TPSA) is 55.6 Å². The van der Waals surface area contributed by atoms with E-state index in [1.54, 1.807) is 4.68 Å². The fourth-order valence-corrected chi connectivity index (χ4v) is 1.94. The van der Waals surface area contributed by atoms with Crippen LogP contribution in [-0.4, -0.2) is 25.8 Å². The molecule has 102 valence electrons. The number of rotatable bonds is 4. The van der Waals surface area contributed by atoms with Gasteiger partial charge in [-0.3, -0.25) is 0 Å². The Labute approximate surface area is 121 Å². The lowest BCUT2D eigenvalue weighted by atomic mass is 10.3. The molecular weight excluding hydrogens is 306 g/mol. The lowest BCUT2D eigenvalue weighted by Gasteiger charge is -2.08. The third-order valence-corrected chi connectivity index (χ3v) is 3.95. The first kappa shape index (κ1) is 14.1. The smallest absolute Gasteiger partial charge is 0.250 e. The molecular formula is C13H18BrN5. The predicted octanol–water partition coefficient (Wildman–Crippen LogP) is 2.54. The average Bonchev–Trinajstić information content (AvgIpc) is 2.65. The summed E-state index contributed by atoms with van der Waals surface area (Å²) < 4.78 is 2.75. The van der Waals surface area contributed by atoms with Crippen molar-refractivity contribution in [3.05, 3.63) is 33.8 Å². The zero-order chi connectivity index (χ0) is 14.0. The van der Waals surface area contributed by atoms with Crippen molar-refractivity contribution in [2.45, 2.75) is 40.3 Å². The van der Waals surface area contributed by atoms with E-state index in [1.165, 1.54) is 0 Å². The number of aromatic nitrogens is 4. The second kappa shape index (κ2) is 5.79. The Hall–Kier alpha value is -1.27. The van der Waals surface area contributed by atoms with Crippen LogP contribution in [0, 0.1) is 13.8 Å². The minimum Gasteiger partial charge on any atom is -0.310 e. The van der Waals surface area contributed by atoms with Crippen molar-refractivity contribution in [3.8, 4) is 5.95 Å². The van der Waals surface area contributed by atoms with Gasteiger partial charge in [-0.25, -0.2) is 14.6 Å². The van der Waals surface area contributed by atoms with Gasteiger partial charge in [-0.05, 0) is 29.8 Å². The molecule has 0 amide bonds. The SMILES string of the molecule is Cc1nn(-c2ncc(CNC(C)C)cn2)c(C)c1Br. The fourth-order valence-electron chi connectivity index (χ4n) is 1.69. The molecule has 0 atom stereocenters. The molecule has 19 heavy (non-hydrogen) atoms. The van der Waals surface area contributed by atoms with Crippen molar-refractivity contribution in [1.29, 1.82) is 0 Å². The molecule has 5 nitrogen and oxygen atoms in total. The Bertz CT molecular complexity index is 559. The Morgan fingerprint density at radius 2 is 1.89 bits per heavy atom. The number of halogens is 1. The van der Waals surface area contributed by atoms with Crippen LogP contribution in [-0.2, 0) is 6.54 Å². The standard InChI is InChI=1S/C13H18BrN5/c1-8(2)15-5-11-6-16-13(17-7-11)19-10(4)12(14)9(3)18-19/h6-8,15H,5H2,1-4H3. The predicted molar refractivity (Wildman–Crippen MR) is 78.3 cm³/mol. The van der Waals surface area contributed by atoms with Crippen molar-refractivity contribution in [3.63, 3.8) is 0 Å². The zero-order valence-corrected chi connectivity index (χ0v) is 13.2. The van der Waals surface area contributed by atoms with Crippen LogP contribution >= 0.6 is 15.9 Å². The summed E-state index contributed by atoms with van der Waals surface area (Å²) >= 11 is 3.50. The van der Waals surface area contributed by atoms with Crippen LogP contribution in [0.5, 0.6) is 0 Å². The second-order valence-electron chi connectivity index (χ2n) is 4.82. The average molecular weight is 324 g/mol. The molecule has 0 aromatic carbocycles. The van der Waals surface area contributed by atoms with E-state index in [9.17, 15) is 0 Å². The minimum atomic E-state index is 0.451. The lowest BCUT2D eigenvalue weighted by molar-refractivity contribution is 0.586. The molecule has 2 rings (SSSR count). The molecule has 2 heterocycles. The fraction of sp³-hybridized carbons (Fsp3) is 0.462.